The number of rotatable bonds is 6. The number of benzene rings is 1. The molecule has 0 unspecified atom stereocenters. The van der Waals surface area contributed by atoms with Crippen LogP contribution in [0.25, 0.3) is 11.4 Å². The summed E-state index contributed by atoms with van der Waals surface area (Å²) in [7, 11) is 0. The highest BCUT2D eigenvalue weighted by Crippen LogP contribution is 2.19. The molecule has 1 aromatic carbocycles. The van der Waals surface area contributed by atoms with Gasteiger partial charge < -0.3 is 14.4 Å². The minimum atomic E-state index is -0.0339. The monoisotopic (exact) mass is 338 g/mol. The number of hydrogen-bond acceptors (Lipinski definition) is 4. The van der Waals surface area contributed by atoms with Gasteiger partial charge in [-0.15, -0.1) is 0 Å². The minimum Gasteiger partial charge on any atom is -0.361 e. The fourth-order valence-corrected chi connectivity index (χ4v) is 2.85. The van der Waals surface area contributed by atoms with Gasteiger partial charge in [0.15, 0.2) is 0 Å². The molecule has 6 heteroatoms. The number of nitrogens with one attached hydrogen (secondary N) is 1. The van der Waals surface area contributed by atoms with Crippen LogP contribution in [-0.2, 0) is 17.8 Å². The zero-order valence-electron chi connectivity index (χ0n) is 14.7. The molecular formula is C19H22N4O2. The van der Waals surface area contributed by atoms with Gasteiger partial charge in [-0.3, -0.25) is 4.79 Å². The Morgan fingerprint density at radius 3 is 2.64 bits per heavy atom. The minimum absolute atomic E-state index is 0.0339. The second kappa shape index (κ2) is 7.34. The van der Waals surface area contributed by atoms with E-state index < -0.39 is 0 Å². The summed E-state index contributed by atoms with van der Waals surface area (Å²) in [6.45, 7) is 6.90. The van der Waals surface area contributed by atoms with Crippen LogP contribution >= 0.6 is 0 Å². The quantitative estimate of drug-likeness (QED) is 0.750. The van der Waals surface area contributed by atoms with Gasteiger partial charge in [0.1, 0.15) is 11.6 Å². The highest BCUT2D eigenvalue weighted by Gasteiger charge is 2.14. The van der Waals surface area contributed by atoms with Gasteiger partial charge in [0.25, 0.3) is 0 Å². The fraction of sp³-hybridized carbons (Fsp3) is 0.316. The van der Waals surface area contributed by atoms with Crippen molar-refractivity contribution in [2.75, 3.05) is 6.54 Å². The zero-order chi connectivity index (χ0) is 17.8. The van der Waals surface area contributed by atoms with Gasteiger partial charge in [0, 0.05) is 36.1 Å². The van der Waals surface area contributed by atoms with Gasteiger partial charge in [0.2, 0.25) is 5.91 Å². The maximum absolute atomic E-state index is 12.2. The Kier molecular flexibility index (Phi) is 4.97. The summed E-state index contributed by atoms with van der Waals surface area (Å²) in [4.78, 5) is 16.7. The summed E-state index contributed by atoms with van der Waals surface area (Å²) in [6, 6.07) is 10.0. The number of aromatic nitrogens is 3. The Labute approximate surface area is 146 Å². The molecule has 0 fully saturated rings. The Hall–Kier alpha value is -2.89. The number of nitrogens with zero attached hydrogens (tertiary/aromatic N) is 3. The first-order chi connectivity index (χ1) is 12.1. The van der Waals surface area contributed by atoms with E-state index in [4.69, 9.17) is 4.52 Å². The number of hydrogen-bond donors (Lipinski definition) is 1. The molecule has 1 amide bonds. The molecule has 0 aliphatic heterocycles. The molecule has 0 atom stereocenters. The van der Waals surface area contributed by atoms with E-state index in [2.05, 4.69) is 20.0 Å². The topological polar surface area (TPSA) is 73.0 Å². The van der Waals surface area contributed by atoms with Crippen molar-refractivity contribution >= 4 is 5.91 Å². The van der Waals surface area contributed by atoms with Crippen molar-refractivity contribution in [3.05, 3.63) is 59.2 Å². The smallest absolute Gasteiger partial charge is 0.224 e. The van der Waals surface area contributed by atoms with Gasteiger partial charge in [-0.1, -0.05) is 35.5 Å². The largest absolute Gasteiger partial charge is 0.361 e. The normalized spacial score (nSPS) is 10.8. The predicted octanol–water partition coefficient (Wildman–Crippen LogP) is 2.82. The van der Waals surface area contributed by atoms with Gasteiger partial charge in [-0.05, 0) is 20.8 Å². The van der Waals surface area contributed by atoms with Crippen molar-refractivity contribution in [2.24, 2.45) is 0 Å². The number of carbonyl (C=O) groups is 1. The van der Waals surface area contributed by atoms with Crippen LogP contribution in [0.2, 0.25) is 0 Å². The average molecular weight is 338 g/mol. The SMILES string of the molecule is Cc1noc(C)c1CC(=O)NCCn1c(C)cnc1-c1ccccc1. The molecule has 0 spiro atoms. The molecule has 0 saturated carbocycles. The van der Waals surface area contributed by atoms with E-state index in [1.807, 2.05) is 57.3 Å². The molecule has 2 aromatic heterocycles. The van der Waals surface area contributed by atoms with E-state index >= 15 is 0 Å². The van der Waals surface area contributed by atoms with Crippen molar-refractivity contribution in [1.82, 2.24) is 20.0 Å². The van der Waals surface area contributed by atoms with Crippen molar-refractivity contribution in [3.63, 3.8) is 0 Å². The first-order valence-electron chi connectivity index (χ1n) is 8.32. The Bertz CT molecular complexity index is 845. The van der Waals surface area contributed by atoms with Crippen molar-refractivity contribution in [1.29, 1.82) is 0 Å². The number of aryl methyl sites for hydroxylation is 3. The average Bonchev–Trinajstić information content (AvgIpc) is 3.13. The van der Waals surface area contributed by atoms with Crippen LogP contribution in [-0.4, -0.2) is 27.2 Å². The summed E-state index contributed by atoms with van der Waals surface area (Å²) < 4.78 is 7.21. The van der Waals surface area contributed by atoms with E-state index in [1.165, 1.54) is 0 Å². The lowest BCUT2D eigenvalue weighted by Gasteiger charge is -2.11. The summed E-state index contributed by atoms with van der Waals surface area (Å²) in [5.74, 6) is 1.58. The molecule has 0 saturated heterocycles. The fourth-order valence-electron chi connectivity index (χ4n) is 2.85. The number of amides is 1. The van der Waals surface area contributed by atoms with Crippen molar-refractivity contribution < 1.29 is 9.32 Å². The van der Waals surface area contributed by atoms with Crippen LogP contribution in [0, 0.1) is 20.8 Å². The molecule has 1 N–H and O–H groups in total. The van der Waals surface area contributed by atoms with E-state index in [-0.39, 0.29) is 12.3 Å². The lowest BCUT2D eigenvalue weighted by molar-refractivity contribution is -0.120. The van der Waals surface area contributed by atoms with Crippen LogP contribution in [0.3, 0.4) is 0 Å². The standard InChI is InChI=1S/C19H22N4O2/c1-13-12-21-19(16-7-5-4-6-8-16)23(13)10-9-20-18(24)11-17-14(2)22-25-15(17)3/h4-8,12H,9-11H2,1-3H3,(H,20,24). The van der Waals surface area contributed by atoms with Gasteiger partial charge in [-0.25, -0.2) is 4.98 Å². The number of imidazole rings is 1. The summed E-state index contributed by atoms with van der Waals surface area (Å²) in [6.07, 6.45) is 2.14. The van der Waals surface area contributed by atoms with Gasteiger partial charge >= 0.3 is 0 Å². The van der Waals surface area contributed by atoms with Gasteiger partial charge in [0.05, 0.1) is 12.1 Å². The van der Waals surface area contributed by atoms with Crippen molar-refractivity contribution in [2.45, 2.75) is 33.7 Å². The Balaban J connectivity index is 1.61. The third-order valence-corrected chi connectivity index (χ3v) is 4.26. The van der Waals surface area contributed by atoms with Crippen LogP contribution in [0.1, 0.15) is 22.7 Å². The summed E-state index contributed by atoms with van der Waals surface area (Å²) in [5, 5.41) is 6.84. The third kappa shape index (κ3) is 3.79. The molecule has 2 heterocycles. The highest BCUT2D eigenvalue weighted by molar-refractivity contribution is 5.78. The summed E-state index contributed by atoms with van der Waals surface area (Å²) >= 11 is 0. The van der Waals surface area contributed by atoms with Crippen LogP contribution in [0.15, 0.2) is 41.1 Å². The van der Waals surface area contributed by atoms with E-state index in [9.17, 15) is 4.79 Å². The summed E-state index contributed by atoms with van der Waals surface area (Å²) in [5.41, 5.74) is 3.77. The molecular weight excluding hydrogens is 316 g/mol. The van der Waals surface area contributed by atoms with E-state index in [1.54, 1.807) is 0 Å². The predicted molar refractivity (Wildman–Crippen MR) is 95.1 cm³/mol. The molecule has 130 valence electrons. The Morgan fingerprint density at radius 2 is 1.96 bits per heavy atom. The first-order valence-corrected chi connectivity index (χ1v) is 8.32. The lowest BCUT2D eigenvalue weighted by Crippen LogP contribution is -2.29. The lowest BCUT2D eigenvalue weighted by atomic mass is 10.1. The molecule has 0 aliphatic rings. The zero-order valence-corrected chi connectivity index (χ0v) is 14.7. The Morgan fingerprint density at radius 1 is 1.20 bits per heavy atom. The second-order valence-electron chi connectivity index (χ2n) is 6.07. The molecule has 3 aromatic rings. The second-order valence-corrected chi connectivity index (χ2v) is 6.07. The molecule has 25 heavy (non-hydrogen) atoms. The first kappa shape index (κ1) is 17.0. The van der Waals surface area contributed by atoms with Crippen LogP contribution < -0.4 is 5.32 Å². The molecule has 0 radical (unpaired) electrons. The maximum Gasteiger partial charge on any atom is 0.224 e. The van der Waals surface area contributed by atoms with Crippen LogP contribution in [0.4, 0.5) is 0 Å². The molecule has 0 aliphatic carbocycles. The van der Waals surface area contributed by atoms with E-state index in [0.29, 0.717) is 18.8 Å². The molecule has 0 bridgehead atoms. The molecule has 3 rings (SSSR count). The number of carbonyl (C=O) groups excluding carboxylic acids is 1. The van der Waals surface area contributed by atoms with Crippen molar-refractivity contribution in [3.8, 4) is 11.4 Å². The van der Waals surface area contributed by atoms with E-state index in [0.717, 1.165) is 28.3 Å². The highest BCUT2D eigenvalue weighted by atomic mass is 16.5. The maximum atomic E-state index is 12.2. The van der Waals surface area contributed by atoms with Gasteiger partial charge in [-0.2, -0.15) is 0 Å². The third-order valence-electron chi connectivity index (χ3n) is 4.26. The van der Waals surface area contributed by atoms with Crippen LogP contribution in [0.5, 0.6) is 0 Å². The molecule has 6 nitrogen and oxygen atoms in total.